The fourth-order valence-electron chi connectivity index (χ4n) is 2.37. The van der Waals surface area contributed by atoms with Crippen molar-refractivity contribution < 1.29 is 4.74 Å². The molecule has 0 aliphatic rings. The third kappa shape index (κ3) is 2.54. The molecule has 0 saturated heterocycles. The fraction of sp³-hybridized carbons (Fsp3) is 0.188. The molecule has 0 fully saturated rings. The SMILES string of the molecule is Cc1cc(Oc2nc3ccccn3c2CN)cc(C)c1Br. The van der Waals surface area contributed by atoms with Crippen molar-refractivity contribution in [3.63, 3.8) is 0 Å². The van der Waals surface area contributed by atoms with Crippen LogP contribution in [-0.2, 0) is 6.54 Å². The molecule has 2 heterocycles. The van der Waals surface area contributed by atoms with Crippen LogP contribution in [0.5, 0.6) is 11.6 Å². The summed E-state index contributed by atoms with van der Waals surface area (Å²) >= 11 is 3.56. The second-order valence-corrected chi connectivity index (χ2v) is 5.76. The first-order chi connectivity index (χ1) is 10.1. The Morgan fingerprint density at radius 1 is 1.24 bits per heavy atom. The Balaban J connectivity index is 2.06. The van der Waals surface area contributed by atoms with E-state index in [2.05, 4.69) is 20.9 Å². The Bertz CT molecular complexity index is 787. The first-order valence-electron chi connectivity index (χ1n) is 6.71. The van der Waals surface area contributed by atoms with Gasteiger partial charge in [-0.3, -0.25) is 4.40 Å². The molecule has 0 amide bonds. The van der Waals surface area contributed by atoms with Crippen molar-refractivity contribution in [2.45, 2.75) is 20.4 Å². The predicted molar refractivity (Wildman–Crippen MR) is 86.8 cm³/mol. The lowest BCUT2D eigenvalue weighted by Gasteiger charge is -2.09. The number of rotatable bonds is 3. The summed E-state index contributed by atoms with van der Waals surface area (Å²) in [7, 11) is 0. The first-order valence-corrected chi connectivity index (χ1v) is 7.50. The Kier molecular flexibility index (Phi) is 3.69. The van der Waals surface area contributed by atoms with Crippen LogP contribution in [0.1, 0.15) is 16.8 Å². The molecule has 3 aromatic rings. The number of hydrogen-bond donors (Lipinski definition) is 1. The van der Waals surface area contributed by atoms with E-state index in [9.17, 15) is 0 Å². The number of nitrogens with two attached hydrogens (primary N) is 1. The highest BCUT2D eigenvalue weighted by Gasteiger charge is 2.13. The lowest BCUT2D eigenvalue weighted by atomic mass is 10.1. The second-order valence-electron chi connectivity index (χ2n) is 4.97. The van der Waals surface area contributed by atoms with Crippen LogP contribution < -0.4 is 10.5 Å². The number of hydrogen-bond acceptors (Lipinski definition) is 3. The van der Waals surface area contributed by atoms with E-state index in [1.54, 1.807) is 0 Å². The van der Waals surface area contributed by atoms with Crippen molar-refractivity contribution in [1.82, 2.24) is 9.38 Å². The van der Waals surface area contributed by atoms with E-state index in [1.807, 2.05) is 54.8 Å². The van der Waals surface area contributed by atoms with Gasteiger partial charge in [0.25, 0.3) is 0 Å². The van der Waals surface area contributed by atoms with Gasteiger partial charge >= 0.3 is 0 Å². The van der Waals surface area contributed by atoms with Gasteiger partial charge in [-0.2, -0.15) is 4.98 Å². The molecule has 0 radical (unpaired) electrons. The summed E-state index contributed by atoms with van der Waals surface area (Å²) in [5.41, 5.74) is 9.80. The van der Waals surface area contributed by atoms with Crippen molar-refractivity contribution in [2.75, 3.05) is 0 Å². The molecule has 0 aliphatic heterocycles. The van der Waals surface area contributed by atoms with E-state index in [1.165, 1.54) is 0 Å². The Labute approximate surface area is 131 Å². The lowest BCUT2D eigenvalue weighted by Crippen LogP contribution is -2.02. The molecule has 0 atom stereocenters. The number of pyridine rings is 1. The Morgan fingerprint density at radius 2 is 1.95 bits per heavy atom. The van der Waals surface area contributed by atoms with E-state index in [-0.39, 0.29) is 0 Å². The largest absolute Gasteiger partial charge is 0.437 e. The standard InChI is InChI=1S/C16H16BrN3O/c1-10-7-12(8-11(2)15(10)17)21-16-13(9-18)20-6-4-3-5-14(20)19-16/h3-8H,9,18H2,1-2H3. The van der Waals surface area contributed by atoms with Gasteiger partial charge in [-0.05, 0) is 49.2 Å². The zero-order valence-corrected chi connectivity index (χ0v) is 13.5. The summed E-state index contributed by atoms with van der Waals surface area (Å²) < 4.78 is 9.02. The molecule has 0 spiro atoms. The van der Waals surface area contributed by atoms with Gasteiger partial charge in [0.15, 0.2) is 0 Å². The molecular weight excluding hydrogens is 330 g/mol. The molecule has 2 aromatic heterocycles. The molecule has 0 bridgehead atoms. The van der Waals surface area contributed by atoms with Crippen molar-refractivity contribution in [3.05, 3.63) is 57.8 Å². The summed E-state index contributed by atoms with van der Waals surface area (Å²) in [6.07, 6.45) is 1.94. The van der Waals surface area contributed by atoms with Crippen molar-refractivity contribution >= 4 is 21.6 Å². The quantitative estimate of drug-likeness (QED) is 0.781. The molecular formula is C16H16BrN3O. The van der Waals surface area contributed by atoms with Gasteiger partial charge in [-0.1, -0.05) is 22.0 Å². The third-order valence-electron chi connectivity index (χ3n) is 3.41. The average Bonchev–Trinajstić information content (AvgIpc) is 2.81. The van der Waals surface area contributed by atoms with Crippen LogP contribution in [0.3, 0.4) is 0 Å². The van der Waals surface area contributed by atoms with Crippen molar-refractivity contribution in [3.8, 4) is 11.6 Å². The number of benzene rings is 1. The van der Waals surface area contributed by atoms with Crippen LogP contribution in [0, 0.1) is 13.8 Å². The minimum atomic E-state index is 0.370. The molecule has 5 heteroatoms. The van der Waals surface area contributed by atoms with Gasteiger partial charge in [0, 0.05) is 17.2 Å². The number of imidazole rings is 1. The zero-order valence-electron chi connectivity index (χ0n) is 11.9. The predicted octanol–water partition coefficient (Wildman–Crippen LogP) is 3.96. The van der Waals surface area contributed by atoms with Crippen LogP contribution in [-0.4, -0.2) is 9.38 Å². The normalized spacial score (nSPS) is 11.0. The molecule has 21 heavy (non-hydrogen) atoms. The third-order valence-corrected chi connectivity index (χ3v) is 4.66. The monoisotopic (exact) mass is 345 g/mol. The maximum absolute atomic E-state index is 5.97. The number of nitrogens with zero attached hydrogens (tertiary/aromatic N) is 2. The van der Waals surface area contributed by atoms with E-state index in [4.69, 9.17) is 10.5 Å². The van der Waals surface area contributed by atoms with Gasteiger partial charge in [0.1, 0.15) is 17.1 Å². The van der Waals surface area contributed by atoms with Crippen LogP contribution in [0.2, 0.25) is 0 Å². The van der Waals surface area contributed by atoms with E-state index in [0.29, 0.717) is 12.4 Å². The molecule has 3 rings (SSSR count). The first kappa shape index (κ1) is 14.1. The Morgan fingerprint density at radius 3 is 2.62 bits per heavy atom. The molecule has 0 aliphatic carbocycles. The van der Waals surface area contributed by atoms with Gasteiger partial charge in [0.05, 0.1) is 0 Å². The Hall–Kier alpha value is -1.85. The van der Waals surface area contributed by atoms with Crippen molar-refractivity contribution in [2.24, 2.45) is 5.73 Å². The van der Waals surface area contributed by atoms with Crippen molar-refractivity contribution in [1.29, 1.82) is 0 Å². The maximum atomic E-state index is 5.97. The summed E-state index contributed by atoms with van der Waals surface area (Å²) in [5.74, 6) is 1.33. The number of aryl methyl sites for hydroxylation is 2. The topological polar surface area (TPSA) is 52.5 Å². The number of aromatic nitrogens is 2. The van der Waals surface area contributed by atoms with Crippen LogP contribution in [0.25, 0.3) is 5.65 Å². The zero-order chi connectivity index (χ0) is 15.0. The maximum Gasteiger partial charge on any atom is 0.242 e. The minimum Gasteiger partial charge on any atom is -0.437 e. The summed E-state index contributed by atoms with van der Waals surface area (Å²) in [5, 5.41) is 0. The van der Waals surface area contributed by atoms with Gasteiger partial charge in [-0.15, -0.1) is 0 Å². The van der Waals surface area contributed by atoms with Crippen LogP contribution in [0.15, 0.2) is 41.0 Å². The van der Waals surface area contributed by atoms with E-state index < -0.39 is 0 Å². The molecule has 0 unspecified atom stereocenters. The summed E-state index contributed by atoms with van der Waals surface area (Å²) in [6.45, 7) is 4.45. The minimum absolute atomic E-state index is 0.370. The smallest absolute Gasteiger partial charge is 0.242 e. The molecule has 1 aromatic carbocycles. The fourth-order valence-corrected chi connectivity index (χ4v) is 2.60. The molecule has 4 nitrogen and oxygen atoms in total. The molecule has 108 valence electrons. The summed E-state index contributed by atoms with van der Waals surface area (Å²) in [4.78, 5) is 4.51. The summed E-state index contributed by atoms with van der Waals surface area (Å²) in [6, 6.07) is 9.80. The highest BCUT2D eigenvalue weighted by Crippen LogP contribution is 2.30. The number of halogens is 1. The number of fused-ring (bicyclic) bond motifs is 1. The van der Waals surface area contributed by atoms with Crippen LogP contribution in [0.4, 0.5) is 0 Å². The van der Waals surface area contributed by atoms with Gasteiger partial charge in [0.2, 0.25) is 5.88 Å². The van der Waals surface area contributed by atoms with Gasteiger partial charge < -0.3 is 10.5 Å². The molecule has 0 saturated carbocycles. The van der Waals surface area contributed by atoms with Crippen LogP contribution >= 0.6 is 15.9 Å². The highest BCUT2D eigenvalue weighted by molar-refractivity contribution is 9.10. The van der Waals surface area contributed by atoms with E-state index >= 15 is 0 Å². The number of ether oxygens (including phenoxy) is 1. The highest BCUT2D eigenvalue weighted by atomic mass is 79.9. The lowest BCUT2D eigenvalue weighted by molar-refractivity contribution is 0.458. The van der Waals surface area contributed by atoms with E-state index in [0.717, 1.165) is 32.7 Å². The average molecular weight is 346 g/mol. The molecule has 2 N–H and O–H groups in total. The van der Waals surface area contributed by atoms with Gasteiger partial charge in [-0.25, -0.2) is 0 Å². The second kappa shape index (κ2) is 5.50.